The monoisotopic (exact) mass is 376 g/mol. The van der Waals surface area contributed by atoms with Crippen molar-refractivity contribution in [3.05, 3.63) is 68.7 Å². The zero-order valence-electron chi connectivity index (χ0n) is 14.0. The van der Waals surface area contributed by atoms with E-state index in [1.165, 1.54) is 36.4 Å². The molecule has 0 aromatic heterocycles. The SMILES string of the molecule is CCCCOC(=O)c1ccc(NC(=O)c2ccc(Cl)cc2[N+](=O)[O-])cc1. The van der Waals surface area contributed by atoms with Gasteiger partial charge in [0.2, 0.25) is 0 Å². The molecule has 0 aliphatic heterocycles. The Hall–Kier alpha value is -2.93. The molecule has 0 aliphatic carbocycles. The largest absolute Gasteiger partial charge is 0.462 e. The van der Waals surface area contributed by atoms with E-state index in [0.29, 0.717) is 17.9 Å². The van der Waals surface area contributed by atoms with E-state index in [4.69, 9.17) is 16.3 Å². The van der Waals surface area contributed by atoms with E-state index in [0.717, 1.165) is 18.9 Å². The molecule has 0 spiro atoms. The molecule has 2 aromatic carbocycles. The third-order valence-corrected chi connectivity index (χ3v) is 3.75. The molecule has 7 nitrogen and oxygen atoms in total. The summed E-state index contributed by atoms with van der Waals surface area (Å²) in [5.74, 6) is -1.09. The zero-order chi connectivity index (χ0) is 19.1. The first-order valence-electron chi connectivity index (χ1n) is 7.95. The molecule has 0 heterocycles. The Labute approximate surface area is 155 Å². The number of hydrogen-bond acceptors (Lipinski definition) is 5. The van der Waals surface area contributed by atoms with Crippen LogP contribution in [0.3, 0.4) is 0 Å². The number of nitrogens with one attached hydrogen (secondary N) is 1. The summed E-state index contributed by atoms with van der Waals surface area (Å²) in [5, 5.41) is 13.8. The van der Waals surface area contributed by atoms with Gasteiger partial charge in [-0.25, -0.2) is 4.79 Å². The molecular formula is C18H17ClN2O5. The van der Waals surface area contributed by atoms with Crippen molar-refractivity contribution in [1.29, 1.82) is 0 Å². The van der Waals surface area contributed by atoms with E-state index >= 15 is 0 Å². The average Bonchev–Trinajstić information content (AvgIpc) is 2.62. The minimum atomic E-state index is -0.670. The Morgan fingerprint density at radius 1 is 1.19 bits per heavy atom. The number of unbranched alkanes of at least 4 members (excludes halogenated alkanes) is 1. The second-order valence-corrected chi connectivity index (χ2v) is 5.88. The van der Waals surface area contributed by atoms with E-state index in [1.807, 2.05) is 6.92 Å². The predicted octanol–water partition coefficient (Wildman–Crippen LogP) is 4.46. The Kier molecular flexibility index (Phi) is 6.68. The maximum Gasteiger partial charge on any atom is 0.338 e. The molecule has 2 aromatic rings. The summed E-state index contributed by atoms with van der Waals surface area (Å²) in [5.41, 5.74) is 0.259. The fourth-order valence-electron chi connectivity index (χ4n) is 2.13. The van der Waals surface area contributed by atoms with E-state index in [-0.39, 0.29) is 16.3 Å². The molecule has 0 saturated carbocycles. The number of nitrogens with zero attached hydrogens (tertiary/aromatic N) is 1. The molecule has 0 radical (unpaired) electrons. The van der Waals surface area contributed by atoms with Gasteiger partial charge in [-0.2, -0.15) is 0 Å². The highest BCUT2D eigenvalue weighted by Crippen LogP contribution is 2.24. The van der Waals surface area contributed by atoms with Crippen molar-refractivity contribution in [2.24, 2.45) is 0 Å². The number of nitro groups is 1. The van der Waals surface area contributed by atoms with Gasteiger partial charge in [0.15, 0.2) is 0 Å². The van der Waals surface area contributed by atoms with Crippen LogP contribution in [-0.2, 0) is 4.74 Å². The van der Waals surface area contributed by atoms with Gasteiger partial charge < -0.3 is 10.1 Å². The lowest BCUT2D eigenvalue weighted by Gasteiger charge is -2.08. The van der Waals surface area contributed by atoms with Gasteiger partial charge in [-0.3, -0.25) is 14.9 Å². The lowest BCUT2D eigenvalue weighted by molar-refractivity contribution is -0.385. The number of carbonyl (C=O) groups is 2. The first kappa shape index (κ1) is 19.4. The third kappa shape index (κ3) is 5.03. The number of esters is 1. The molecule has 0 bridgehead atoms. The summed E-state index contributed by atoms with van der Waals surface area (Å²) in [4.78, 5) is 34.5. The summed E-state index contributed by atoms with van der Waals surface area (Å²) in [6.07, 6.45) is 1.72. The Bertz CT molecular complexity index is 821. The predicted molar refractivity (Wildman–Crippen MR) is 97.7 cm³/mol. The van der Waals surface area contributed by atoms with E-state index in [9.17, 15) is 19.7 Å². The first-order valence-corrected chi connectivity index (χ1v) is 8.32. The Morgan fingerprint density at radius 2 is 1.88 bits per heavy atom. The van der Waals surface area contributed by atoms with Crippen molar-refractivity contribution in [1.82, 2.24) is 0 Å². The van der Waals surface area contributed by atoms with Crippen LogP contribution in [0.1, 0.15) is 40.5 Å². The van der Waals surface area contributed by atoms with Gasteiger partial charge in [0, 0.05) is 16.8 Å². The summed E-state index contributed by atoms with van der Waals surface area (Å²) in [6, 6.07) is 9.88. The second kappa shape index (κ2) is 8.96. The molecule has 136 valence electrons. The number of carbonyl (C=O) groups excluding carboxylic acids is 2. The maximum absolute atomic E-state index is 12.3. The normalized spacial score (nSPS) is 10.2. The van der Waals surface area contributed by atoms with Gasteiger partial charge >= 0.3 is 5.97 Å². The number of nitro benzene ring substituents is 1. The van der Waals surface area contributed by atoms with Crippen LogP contribution in [0.4, 0.5) is 11.4 Å². The number of amides is 1. The molecule has 1 amide bonds. The molecule has 0 fully saturated rings. The highest BCUT2D eigenvalue weighted by atomic mass is 35.5. The summed E-state index contributed by atoms with van der Waals surface area (Å²) < 4.78 is 5.10. The van der Waals surface area contributed by atoms with Crippen molar-refractivity contribution in [3.63, 3.8) is 0 Å². The van der Waals surface area contributed by atoms with Gasteiger partial charge in [-0.15, -0.1) is 0 Å². The summed E-state index contributed by atoms with van der Waals surface area (Å²) in [7, 11) is 0. The van der Waals surface area contributed by atoms with Gasteiger partial charge in [0.25, 0.3) is 11.6 Å². The van der Waals surface area contributed by atoms with E-state index in [2.05, 4.69) is 5.32 Å². The number of ether oxygens (including phenoxy) is 1. The smallest absolute Gasteiger partial charge is 0.338 e. The fourth-order valence-corrected chi connectivity index (χ4v) is 2.29. The highest BCUT2D eigenvalue weighted by Gasteiger charge is 2.20. The van der Waals surface area contributed by atoms with Crippen LogP contribution >= 0.6 is 11.6 Å². The van der Waals surface area contributed by atoms with Crippen LogP contribution in [0, 0.1) is 10.1 Å². The van der Waals surface area contributed by atoms with Crippen LogP contribution in [0.25, 0.3) is 0 Å². The van der Waals surface area contributed by atoms with E-state index < -0.39 is 16.8 Å². The van der Waals surface area contributed by atoms with Crippen LogP contribution in [0.15, 0.2) is 42.5 Å². The molecular weight excluding hydrogens is 360 g/mol. The maximum atomic E-state index is 12.3. The van der Waals surface area contributed by atoms with Crippen molar-refractivity contribution in [3.8, 4) is 0 Å². The quantitative estimate of drug-likeness (QED) is 0.333. The minimum absolute atomic E-state index is 0.109. The molecule has 26 heavy (non-hydrogen) atoms. The Balaban J connectivity index is 2.08. The minimum Gasteiger partial charge on any atom is -0.462 e. The van der Waals surface area contributed by atoms with Crippen molar-refractivity contribution in [2.75, 3.05) is 11.9 Å². The number of anilines is 1. The third-order valence-electron chi connectivity index (χ3n) is 3.51. The topological polar surface area (TPSA) is 98.5 Å². The lowest BCUT2D eigenvalue weighted by Crippen LogP contribution is -2.14. The van der Waals surface area contributed by atoms with Crippen LogP contribution in [0.5, 0.6) is 0 Å². The molecule has 0 atom stereocenters. The first-order chi connectivity index (χ1) is 12.4. The molecule has 0 saturated heterocycles. The van der Waals surface area contributed by atoms with Gasteiger partial charge in [0.05, 0.1) is 17.1 Å². The average molecular weight is 377 g/mol. The highest BCUT2D eigenvalue weighted by molar-refractivity contribution is 6.31. The molecule has 0 aliphatic rings. The fraction of sp³-hybridized carbons (Fsp3) is 0.222. The number of hydrogen-bond donors (Lipinski definition) is 1. The molecule has 0 unspecified atom stereocenters. The van der Waals surface area contributed by atoms with Crippen molar-refractivity contribution in [2.45, 2.75) is 19.8 Å². The summed E-state index contributed by atoms with van der Waals surface area (Å²) >= 11 is 5.74. The standard InChI is InChI=1S/C18H17ClN2O5/c1-2-3-10-26-18(23)12-4-7-14(8-5-12)20-17(22)15-9-6-13(19)11-16(15)21(24)25/h4-9,11H,2-3,10H2,1H3,(H,20,22). The van der Waals surface area contributed by atoms with Crippen molar-refractivity contribution < 1.29 is 19.2 Å². The van der Waals surface area contributed by atoms with Crippen LogP contribution in [0.2, 0.25) is 5.02 Å². The number of rotatable bonds is 7. The van der Waals surface area contributed by atoms with Gasteiger partial charge in [0.1, 0.15) is 5.56 Å². The lowest BCUT2D eigenvalue weighted by atomic mass is 10.1. The number of halogens is 1. The zero-order valence-corrected chi connectivity index (χ0v) is 14.8. The van der Waals surface area contributed by atoms with Gasteiger partial charge in [-0.1, -0.05) is 24.9 Å². The van der Waals surface area contributed by atoms with Crippen LogP contribution in [-0.4, -0.2) is 23.4 Å². The molecule has 8 heteroatoms. The molecule has 2 rings (SSSR count). The summed E-state index contributed by atoms with van der Waals surface area (Å²) in [6.45, 7) is 2.35. The van der Waals surface area contributed by atoms with Gasteiger partial charge in [-0.05, 0) is 42.8 Å². The molecule has 1 N–H and O–H groups in total. The van der Waals surface area contributed by atoms with E-state index in [1.54, 1.807) is 0 Å². The Morgan fingerprint density at radius 3 is 2.50 bits per heavy atom. The second-order valence-electron chi connectivity index (χ2n) is 5.44. The van der Waals surface area contributed by atoms with Crippen LogP contribution < -0.4 is 5.32 Å². The van der Waals surface area contributed by atoms with Crippen molar-refractivity contribution >= 4 is 34.9 Å². The number of benzene rings is 2.